The zero-order chi connectivity index (χ0) is 13.3. The number of hydrogen-bond acceptors (Lipinski definition) is 3. The first-order chi connectivity index (χ1) is 9.25. The summed E-state index contributed by atoms with van der Waals surface area (Å²) in [5, 5.41) is 0.761. The number of fused-ring (bicyclic) bond motifs is 1. The van der Waals surface area contributed by atoms with Crippen molar-refractivity contribution in [3.63, 3.8) is 0 Å². The molecule has 0 spiro atoms. The molecule has 1 aliphatic heterocycles. The smallest absolute Gasteiger partial charge is 0.162 e. The second kappa shape index (κ2) is 5.22. The summed E-state index contributed by atoms with van der Waals surface area (Å²) in [6.45, 7) is 2.03. The summed E-state index contributed by atoms with van der Waals surface area (Å²) < 4.78 is 11.4. The Balaban J connectivity index is 2.04. The van der Waals surface area contributed by atoms with Crippen molar-refractivity contribution in [3.05, 3.63) is 22.7 Å². The highest BCUT2D eigenvalue weighted by molar-refractivity contribution is 6.31. The number of hydrogen-bond donors (Lipinski definition) is 1. The molecule has 0 radical (unpaired) electrons. The van der Waals surface area contributed by atoms with Crippen molar-refractivity contribution in [2.75, 3.05) is 19.8 Å². The van der Waals surface area contributed by atoms with Crippen LogP contribution in [-0.2, 0) is 5.41 Å². The molecule has 3 rings (SSSR count). The van der Waals surface area contributed by atoms with Gasteiger partial charge in [0.15, 0.2) is 11.5 Å². The highest BCUT2D eigenvalue weighted by atomic mass is 35.5. The Labute approximate surface area is 119 Å². The van der Waals surface area contributed by atoms with Gasteiger partial charge in [0.25, 0.3) is 0 Å². The topological polar surface area (TPSA) is 44.5 Å². The molecule has 2 N–H and O–H groups in total. The molecule has 1 aliphatic carbocycles. The predicted molar refractivity (Wildman–Crippen MR) is 76.3 cm³/mol. The molecule has 2 aliphatic rings. The molecule has 0 unspecified atom stereocenters. The van der Waals surface area contributed by atoms with E-state index in [1.165, 1.54) is 12.8 Å². The third kappa shape index (κ3) is 2.30. The molecule has 4 heteroatoms. The molecule has 1 saturated carbocycles. The molecule has 0 atom stereocenters. The molecule has 0 saturated heterocycles. The minimum absolute atomic E-state index is 0.0295. The SMILES string of the molecule is NCC1(c2cc3c(cc2Cl)OCCCO3)CCCC1. The van der Waals surface area contributed by atoms with Gasteiger partial charge in [-0.3, -0.25) is 0 Å². The van der Waals surface area contributed by atoms with E-state index in [2.05, 4.69) is 6.07 Å². The number of benzene rings is 1. The van der Waals surface area contributed by atoms with Crippen LogP contribution in [0.4, 0.5) is 0 Å². The zero-order valence-electron chi connectivity index (χ0n) is 11.1. The quantitative estimate of drug-likeness (QED) is 0.905. The average Bonchev–Trinajstić information content (AvgIpc) is 2.79. The third-order valence-electron chi connectivity index (χ3n) is 4.36. The summed E-state index contributed by atoms with van der Waals surface area (Å²) in [5.74, 6) is 1.58. The van der Waals surface area contributed by atoms with Gasteiger partial charge in [0, 0.05) is 29.5 Å². The molecule has 1 aromatic rings. The van der Waals surface area contributed by atoms with Crippen molar-refractivity contribution < 1.29 is 9.47 Å². The molecule has 1 fully saturated rings. The molecule has 1 aromatic carbocycles. The summed E-state index contributed by atoms with van der Waals surface area (Å²) in [6, 6.07) is 3.95. The Hall–Kier alpha value is -0.930. The van der Waals surface area contributed by atoms with Crippen molar-refractivity contribution in [2.24, 2.45) is 5.73 Å². The Bertz CT molecular complexity index is 469. The van der Waals surface area contributed by atoms with Crippen LogP contribution >= 0.6 is 11.6 Å². The minimum Gasteiger partial charge on any atom is -0.490 e. The lowest BCUT2D eigenvalue weighted by Crippen LogP contribution is -2.32. The second-order valence-corrected chi connectivity index (χ2v) is 5.93. The standard InChI is InChI=1S/C15H20ClNO2/c16-12-9-14-13(18-6-3-7-19-14)8-11(12)15(10-17)4-1-2-5-15/h8-9H,1-7,10,17H2. The summed E-state index contributed by atoms with van der Waals surface area (Å²) in [5.41, 5.74) is 7.21. The average molecular weight is 282 g/mol. The van der Waals surface area contributed by atoms with Crippen LogP contribution in [0.25, 0.3) is 0 Å². The Morgan fingerprint density at radius 3 is 2.32 bits per heavy atom. The lowest BCUT2D eigenvalue weighted by Gasteiger charge is -2.29. The van der Waals surface area contributed by atoms with E-state index in [0.717, 1.165) is 41.3 Å². The van der Waals surface area contributed by atoms with Crippen LogP contribution in [0, 0.1) is 0 Å². The first kappa shape index (κ1) is 13.1. The number of rotatable bonds is 2. The monoisotopic (exact) mass is 281 g/mol. The van der Waals surface area contributed by atoms with Gasteiger partial charge in [-0.2, -0.15) is 0 Å². The van der Waals surface area contributed by atoms with Crippen LogP contribution in [-0.4, -0.2) is 19.8 Å². The first-order valence-corrected chi connectivity index (χ1v) is 7.43. The van der Waals surface area contributed by atoms with Gasteiger partial charge in [-0.05, 0) is 24.5 Å². The molecule has 19 heavy (non-hydrogen) atoms. The van der Waals surface area contributed by atoms with Crippen molar-refractivity contribution in [1.29, 1.82) is 0 Å². The van der Waals surface area contributed by atoms with Crippen molar-refractivity contribution in [2.45, 2.75) is 37.5 Å². The van der Waals surface area contributed by atoms with Gasteiger partial charge < -0.3 is 15.2 Å². The van der Waals surface area contributed by atoms with E-state index in [-0.39, 0.29) is 5.41 Å². The molecular formula is C15H20ClNO2. The maximum absolute atomic E-state index is 6.47. The molecule has 0 amide bonds. The van der Waals surface area contributed by atoms with Crippen LogP contribution in [0.15, 0.2) is 12.1 Å². The Morgan fingerprint density at radius 1 is 1.05 bits per heavy atom. The van der Waals surface area contributed by atoms with E-state index in [9.17, 15) is 0 Å². The second-order valence-electron chi connectivity index (χ2n) is 5.52. The summed E-state index contributed by atoms with van der Waals surface area (Å²) in [4.78, 5) is 0. The van der Waals surface area contributed by atoms with Crippen LogP contribution in [0.1, 0.15) is 37.7 Å². The van der Waals surface area contributed by atoms with E-state index >= 15 is 0 Å². The first-order valence-electron chi connectivity index (χ1n) is 7.05. The van der Waals surface area contributed by atoms with Gasteiger partial charge in [-0.1, -0.05) is 24.4 Å². The summed E-state index contributed by atoms with van der Waals surface area (Å²) in [7, 11) is 0. The van der Waals surface area contributed by atoms with Crippen molar-refractivity contribution in [3.8, 4) is 11.5 Å². The fourth-order valence-corrected chi connectivity index (χ4v) is 3.58. The van der Waals surface area contributed by atoms with Gasteiger partial charge in [0.1, 0.15) is 0 Å². The number of ether oxygens (including phenoxy) is 2. The third-order valence-corrected chi connectivity index (χ3v) is 4.67. The maximum atomic E-state index is 6.47. The van der Waals surface area contributed by atoms with Gasteiger partial charge in [-0.25, -0.2) is 0 Å². The van der Waals surface area contributed by atoms with Gasteiger partial charge in [0.05, 0.1) is 13.2 Å². The Morgan fingerprint density at radius 2 is 1.68 bits per heavy atom. The highest BCUT2D eigenvalue weighted by Gasteiger charge is 2.36. The largest absolute Gasteiger partial charge is 0.490 e. The maximum Gasteiger partial charge on any atom is 0.162 e. The van der Waals surface area contributed by atoms with E-state index in [4.69, 9.17) is 26.8 Å². The molecule has 3 nitrogen and oxygen atoms in total. The highest BCUT2D eigenvalue weighted by Crippen LogP contribution is 2.46. The predicted octanol–water partition coefficient (Wildman–Crippen LogP) is 3.27. The Kier molecular flexibility index (Phi) is 3.59. The fourth-order valence-electron chi connectivity index (χ4n) is 3.23. The van der Waals surface area contributed by atoms with Crippen LogP contribution in [0.5, 0.6) is 11.5 Å². The lowest BCUT2D eigenvalue weighted by molar-refractivity contribution is 0.296. The van der Waals surface area contributed by atoms with Crippen LogP contribution < -0.4 is 15.2 Å². The summed E-state index contributed by atoms with van der Waals surface area (Å²) >= 11 is 6.47. The number of nitrogens with two attached hydrogens (primary N) is 1. The van der Waals surface area contributed by atoms with Gasteiger partial charge in [0.2, 0.25) is 0 Å². The summed E-state index contributed by atoms with van der Waals surface area (Å²) in [6.07, 6.45) is 5.58. The molecule has 0 aromatic heterocycles. The van der Waals surface area contributed by atoms with Gasteiger partial charge >= 0.3 is 0 Å². The minimum atomic E-state index is 0.0295. The lowest BCUT2D eigenvalue weighted by atomic mass is 9.79. The van der Waals surface area contributed by atoms with Crippen molar-refractivity contribution in [1.82, 2.24) is 0 Å². The van der Waals surface area contributed by atoms with E-state index in [1.807, 2.05) is 6.07 Å². The molecule has 0 bridgehead atoms. The molecular weight excluding hydrogens is 262 g/mol. The van der Waals surface area contributed by atoms with Crippen LogP contribution in [0.2, 0.25) is 5.02 Å². The van der Waals surface area contributed by atoms with E-state index in [1.54, 1.807) is 0 Å². The normalized spacial score (nSPS) is 21.2. The van der Waals surface area contributed by atoms with Crippen LogP contribution in [0.3, 0.4) is 0 Å². The fraction of sp³-hybridized carbons (Fsp3) is 0.600. The van der Waals surface area contributed by atoms with Crippen molar-refractivity contribution >= 4 is 11.6 Å². The zero-order valence-corrected chi connectivity index (χ0v) is 11.8. The van der Waals surface area contributed by atoms with Gasteiger partial charge in [-0.15, -0.1) is 0 Å². The van der Waals surface area contributed by atoms with E-state index in [0.29, 0.717) is 19.8 Å². The van der Waals surface area contributed by atoms with E-state index < -0.39 is 0 Å². The molecule has 104 valence electrons. The molecule has 1 heterocycles. The number of halogens is 1.